The van der Waals surface area contributed by atoms with E-state index in [-0.39, 0.29) is 29.7 Å². The number of aliphatic carboxylic acids is 1. The molecule has 1 N–H and O–H groups in total. The standard InChI is InChI=1S/C20H26FNO4/c21-17-4-1-3-14(11-17)12-22(13-18-5-2-10-26-18)19(23)15-6-8-16(9-7-15)20(24)25/h1,3-4,11,15-16,18H,2,5-10,12-13H2,(H,24,25). The van der Waals surface area contributed by atoms with Gasteiger partial charge in [0.05, 0.1) is 12.0 Å². The van der Waals surface area contributed by atoms with Crippen LogP contribution in [0, 0.1) is 17.7 Å². The Bertz CT molecular complexity index is 636. The van der Waals surface area contributed by atoms with Gasteiger partial charge in [-0.25, -0.2) is 4.39 Å². The molecule has 1 amide bonds. The summed E-state index contributed by atoms with van der Waals surface area (Å²) in [6.07, 6.45) is 4.23. The first-order valence-corrected chi connectivity index (χ1v) is 9.40. The van der Waals surface area contributed by atoms with Gasteiger partial charge in [0.25, 0.3) is 0 Å². The van der Waals surface area contributed by atoms with Crippen molar-refractivity contribution in [1.82, 2.24) is 4.90 Å². The molecular weight excluding hydrogens is 337 g/mol. The highest BCUT2D eigenvalue weighted by atomic mass is 19.1. The number of carboxylic acid groups (broad SMARTS) is 1. The summed E-state index contributed by atoms with van der Waals surface area (Å²) in [6, 6.07) is 6.32. The third kappa shape index (κ3) is 4.81. The first-order valence-electron chi connectivity index (χ1n) is 9.40. The van der Waals surface area contributed by atoms with Crippen molar-refractivity contribution in [2.24, 2.45) is 11.8 Å². The van der Waals surface area contributed by atoms with E-state index in [0.717, 1.165) is 25.0 Å². The molecule has 1 saturated heterocycles. The van der Waals surface area contributed by atoms with Crippen LogP contribution in [-0.2, 0) is 20.9 Å². The fourth-order valence-corrected chi connectivity index (χ4v) is 3.97. The van der Waals surface area contributed by atoms with Crippen molar-refractivity contribution in [3.63, 3.8) is 0 Å². The Morgan fingerprint density at radius 1 is 1.15 bits per heavy atom. The van der Waals surface area contributed by atoms with Crippen molar-refractivity contribution < 1.29 is 23.8 Å². The Kier molecular flexibility index (Phi) is 6.25. The van der Waals surface area contributed by atoms with Gasteiger partial charge in [-0.15, -0.1) is 0 Å². The third-order valence-electron chi connectivity index (χ3n) is 5.45. The summed E-state index contributed by atoms with van der Waals surface area (Å²) in [5.41, 5.74) is 0.760. The zero-order valence-corrected chi connectivity index (χ0v) is 14.9. The van der Waals surface area contributed by atoms with Crippen LogP contribution in [0.5, 0.6) is 0 Å². The van der Waals surface area contributed by atoms with Crippen molar-refractivity contribution in [1.29, 1.82) is 0 Å². The number of carbonyl (C=O) groups excluding carboxylic acids is 1. The Morgan fingerprint density at radius 3 is 2.50 bits per heavy atom. The summed E-state index contributed by atoms with van der Waals surface area (Å²) in [5.74, 6) is -1.54. The molecule has 2 aliphatic rings. The minimum Gasteiger partial charge on any atom is -0.481 e. The van der Waals surface area contributed by atoms with Crippen LogP contribution in [0.15, 0.2) is 24.3 Å². The fraction of sp³-hybridized carbons (Fsp3) is 0.600. The van der Waals surface area contributed by atoms with E-state index in [0.29, 0.717) is 38.8 Å². The highest BCUT2D eigenvalue weighted by molar-refractivity contribution is 5.79. The smallest absolute Gasteiger partial charge is 0.306 e. The maximum atomic E-state index is 13.5. The summed E-state index contributed by atoms with van der Waals surface area (Å²) in [6.45, 7) is 1.58. The molecular formula is C20H26FNO4. The van der Waals surface area contributed by atoms with Gasteiger partial charge < -0.3 is 14.7 Å². The van der Waals surface area contributed by atoms with E-state index in [1.165, 1.54) is 12.1 Å². The fourth-order valence-electron chi connectivity index (χ4n) is 3.97. The van der Waals surface area contributed by atoms with Gasteiger partial charge in [0, 0.05) is 25.6 Å². The van der Waals surface area contributed by atoms with Crippen molar-refractivity contribution in [2.45, 2.75) is 51.2 Å². The van der Waals surface area contributed by atoms with Crippen LogP contribution in [0.25, 0.3) is 0 Å². The summed E-state index contributed by atoms with van der Waals surface area (Å²) in [5, 5.41) is 9.14. The molecule has 1 aliphatic carbocycles. The second-order valence-electron chi connectivity index (χ2n) is 7.37. The van der Waals surface area contributed by atoms with Gasteiger partial charge in [-0.05, 0) is 56.2 Å². The zero-order chi connectivity index (χ0) is 18.5. The predicted octanol–water partition coefficient (Wildman–Crippen LogP) is 3.22. The number of ether oxygens (including phenoxy) is 1. The molecule has 0 radical (unpaired) electrons. The Labute approximate surface area is 153 Å². The van der Waals surface area contributed by atoms with E-state index in [4.69, 9.17) is 9.84 Å². The third-order valence-corrected chi connectivity index (χ3v) is 5.45. The van der Waals surface area contributed by atoms with Crippen LogP contribution in [0.2, 0.25) is 0 Å². The Hall–Kier alpha value is -1.95. The monoisotopic (exact) mass is 363 g/mol. The van der Waals surface area contributed by atoms with Crippen LogP contribution < -0.4 is 0 Å². The molecule has 6 heteroatoms. The van der Waals surface area contributed by atoms with Gasteiger partial charge in [0.1, 0.15) is 5.82 Å². The zero-order valence-electron chi connectivity index (χ0n) is 14.9. The topological polar surface area (TPSA) is 66.8 Å². The number of carbonyl (C=O) groups is 2. The summed E-state index contributed by atoms with van der Waals surface area (Å²) < 4.78 is 19.2. The molecule has 5 nitrogen and oxygen atoms in total. The summed E-state index contributed by atoms with van der Waals surface area (Å²) in [4.78, 5) is 26.0. The molecule has 142 valence electrons. The first-order chi connectivity index (χ1) is 12.5. The number of halogens is 1. The van der Waals surface area contributed by atoms with Crippen molar-refractivity contribution in [3.8, 4) is 0 Å². The van der Waals surface area contributed by atoms with Crippen LogP contribution >= 0.6 is 0 Å². The Balaban J connectivity index is 1.67. The van der Waals surface area contributed by atoms with Crippen LogP contribution in [0.1, 0.15) is 44.1 Å². The number of amides is 1. The molecule has 1 aliphatic heterocycles. The number of carboxylic acids is 1. The maximum absolute atomic E-state index is 13.5. The highest BCUT2D eigenvalue weighted by Crippen LogP contribution is 2.31. The van der Waals surface area contributed by atoms with Gasteiger partial charge >= 0.3 is 5.97 Å². The molecule has 1 unspecified atom stereocenters. The average Bonchev–Trinajstić information content (AvgIpc) is 3.14. The average molecular weight is 363 g/mol. The number of benzene rings is 1. The molecule has 26 heavy (non-hydrogen) atoms. The molecule has 1 saturated carbocycles. The molecule has 1 aromatic rings. The molecule has 0 aromatic heterocycles. The molecule has 0 spiro atoms. The molecule has 1 aromatic carbocycles. The largest absolute Gasteiger partial charge is 0.481 e. The normalized spacial score (nSPS) is 25.8. The van der Waals surface area contributed by atoms with E-state index in [2.05, 4.69) is 0 Å². The maximum Gasteiger partial charge on any atom is 0.306 e. The lowest BCUT2D eigenvalue weighted by molar-refractivity contribution is -0.146. The predicted molar refractivity (Wildman–Crippen MR) is 93.9 cm³/mol. The lowest BCUT2D eigenvalue weighted by Crippen LogP contribution is -2.41. The molecule has 1 heterocycles. The number of hydrogen-bond donors (Lipinski definition) is 1. The number of rotatable bonds is 6. The summed E-state index contributed by atoms with van der Waals surface area (Å²) >= 11 is 0. The van der Waals surface area contributed by atoms with E-state index in [9.17, 15) is 14.0 Å². The van der Waals surface area contributed by atoms with Crippen LogP contribution in [0.4, 0.5) is 4.39 Å². The van der Waals surface area contributed by atoms with E-state index in [1.54, 1.807) is 11.0 Å². The van der Waals surface area contributed by atoms with Gasteiger partial charge in [-0.3, -0.25) is 9.59 Å². The van der Waals surface area contributed by atoms with Crippen molar-refractivity contribution in [3.05, 3.63) is 35.6 Å². The van der Waals surface area contributed by atoms with Gasteiger partial charge in [0.2, 0.25) is 5.91 Å². The van der Waals surface area contributed by atoms with Gasteiger partial charge in [-0.1, -0.05) is 12.1 Å². The second kappa shape index (κ2) is 8.62. The minimum absolute atomic E-state index is 0.0304. The quantitative estimate of drug-likeness (QED) is 0.843. The number of nitrogens with zero attached hydrogens (tertiary/aromatic N) is 1. The van der Waals surface area contributed by atoms with E-state index < -0.39 is 5.97 Å². The molecule has 1 atom stereocenters. The molecule has 0 bridgehead atoms. The van der Waals surface area contributed by atoms with Gasteiger partial charge in [-0.2, -0.15) is 0 Å². The highest BCUT2D eigenvalue weighted by Gasteiger charge is 2.33. The SMILES string of the molecule is O=C(O)C1CCC(C(=O)N(Cc2cccc(F)c2)CC2CCCO2)CC1. The van der Waals surface area contributed by atoms with E-state index in [1.807, 2.05) is 6.07 Å². The van der Waals surface area contributed by atoms with Crippen LogP contribution in [-0.4, -0.2) is 41.1 Å². The molecule has 2 fully saturated rings. The van der Waals surface area contributed by atoms with Crippen molar-refractivity contribution >= 4 is 11.9 Å². The molecule has 3 rings (SSSR count). The minimum atomic E-state index is -0.771. The number of hydrogen-bond acceptors (Lipinski definition) is 3. The lowest BCUT2D eigenvalue weighted by atomic mass is 9.81. The second-order valence-corrected chi connectivity index (χ2v) is 7.37. The Morgan fingerprint density at radius 2 is 1.88 bits per heavy atom. The van der Waals surface area contributed by atoms with Crippen LogP contribution in [0.3, 0.4) is 0 Å². The van der Waals surface area contributed by atoms with Crippen molar-refractivity contribution in [2.75, 3.05) is 13.2 Å². The first kappa shape index (κ1) is 18.8. The lowest BCUT2D eigenvalue weighted by Gasteiger charge is -2.32. The van der Waals surface area contributed by atoms with Gasteiger partial charge in [0.15, 0.2) is 0 Å². The van der Waals surface area contributed by atoms with E-state index >= 15 is 0 Å². The summed E-state index contributed by atoms with van der Waals surface area (Å²) in [7, 11) is 0.